The molecule has 1 amide bonds. The highest BCUT2D eigenvalue weighted by atomic mass is 16.3. The van der Waals surface area contributed by atoms with Crippen LogP contribution in [0.15, 0.2) is 66.7 Å². The molecule has 0 aromatic heterocycles. The number of nitrogens with zero attached hydrogens (tertiary/aromatic N) is 1. The quantitative estimate of drug-likeness (QED) is 0.724. The maximum Gasteiger partial charge on any atom is 0.257 e. The SMILES string of the molecule is Cc1ccc(CN2C(=O)C3(NCCc4cccc(O)c43)c3ccccc32)cc1. The first-order valence-corrected chi connectivity index (χ1v) is 9.64. The van der Waals surface area contributed by atoms with E-state index in [1.807, 2.05) is 41.3 Å². The van der Waals surface area contributed by atoms with Gasteiger partial charge >= 0.3 is 0 Å². The van der Waals surface area contributed by atoms with Crippen LogP contribution in [-0.4, -0.2) is 17.6 Å². The lowest BCUT2D eigenvalue weighted by Crippen LogP contribution is -2.54. The molecule has 4 heteroatoms. The number of amides is 1. The van der Waals surface area contributed by atoms with Crippen LogP contribution < -0.4 is 10.2 Å². The molecule has 0 fully saturated rings. The van der Waals surface area contributed by atoms with E-state index in [9.17, 15) is 9.90 Å². The van der Waals surface area contributed by atoms with Gasteiger partial charge in [0.25, 0.3) is 5.91 Å². The number of phenols is 1. The van der Waals surface area contributed by atoms with Crippen molar-refractivity contribution in [2.24, 2.45) is 0 Å². The van der Waals surface area contributed by atoms with Gasteiger partial charge in [-0.15, -0.1) is 0 Å². The number of aryl methyl sites for hydroxylation is 1. The molecule has 3 aromatic carbocycles. The molecule has 3 aromatic rings. The minimum atomic E-state index is -1.03. The Hall–Kier alpha value is -3.11. The number of anilines is 1. The molecule has 0 aliphatic carbocycles. The minimum Gasteiger partial charge on any atom is -0.508 e. The number of phenolic OH excluding ortho intramolecular Hbond substituents is 1. The van der Waals surface area contributed by atoms with Crippen LogP contribution in [0.5, 0.6) is 5.75 Å². The second-order valence-electron chi connectivity index (χ2n) is 7.63. The molecule has 140 valence electrons. The number of carbonyl (C=O) groups is 1. The van der Waals surface area contributed by atoms with Gasteiger partial charge in [-0.25, -0.2) is 0 Å². The van der Waals surface area contributed by atoms with E-state index in [4.69, 9.17) is 0 Å². The van der Waals surface area contributed by atoms with Gasteiger partial charge in [0.1, 0.15) is 5.75 Å². The van der Waals surface area contributed by atoms with Crippen LogP contribution in [-0.2, 0) is 23.3 Å². The summed E-state index contributed by atoms with van der Waals surface area (Å²) in [5.41, 5.74) is 4.79. The molecule has 2 aliphatic rings. The Morgan fingerprint density at radius 3 is 2.64 bits per heavy atom. The molecule has 5 rings (SSSR count). The normalized spacial score (nSPS) is 20.3. The van der Waals surface area contributed by atoms with Gasteiger partial charge in [0, 0.05) is 17.7 Å². The van der Waals surface area contributed by atoms with Gasteiger partial charge in [-0.05, 0) is 36.6 Å². The smallest absolute Gasteiger partial charge is 0.257 e. The van der Waals surface area contributed by atoms with Crippen LogP contribution in [0, 0.1) is 6.92 Å². The van der Waals surface area contributed by atoms with Crippen molar-refractivity contribution in [3.8, 4) is 5.75 Å². The molecule has 0 radical (unpaired) electrons. The number of nitrogens with one attached hydrogen (secondary N) is 1. The summed E-state index contributed by atoms with van der Waals surface area (Å²) in [6, 6.07) is 21.7. The molecule has 2 N–H and O–H groups in total. The van der Waals surface area contributed by atoms with Crippen molar-refractivity contribution < 1.29 is 9.90 Å². The molecule has 1 atom stereocenters. The summed E-state index contributed by atoms with van der Waals surface area (Å²) in [5, 5.41) is 14.2. The molecule has 28 heavy (non-hydrogen) atoms. The van der Waals surface area contributed by atoms with Gasteiger partial charge in [0.05, 0.1) is 12.2 Å². The molecule has 1 unspecified atom stereocenters. The van der Waals surface area contributed by atoms with E-state index >= 15 is 0 Å². The summed E-state index contributed by atoms with van der Waals surface area (Å²) in [6.45, 7) is 3.25. The van der Waals surface area contributed by atoms with E-state index in [-0.39, 0.29) is 11.7 Å². The molecule has 1 spiro atoms. The molecule has 4 nitrogen and oxygen atoms in total. The molecule has 0 bridgehead atoms. The Morgan fingerprint density at radius 2 is 1.82 bits per heavy atom. The van der Waals surface area contributed by atoms with E-state index in [0.717, 1.165) is 28.8 Å². The fraction of sp³-hybridized carbons (Fsp3) is 0.208. The lowest BCUT2D eigenvalue weighted by atomic mass is 9.77. The number of aromatic hydroxyl groups is 1. The van der Waals surface area contributed by atoms with Gasteiger partial charge in [0.2, 0.25) is 0 Å². The highest BCUT2D eigenvalue weighted by Gasteiger charge is 2.55. The lowest BCUT2D eigenvalue weighted by molar-refractivity contribution is -0.123. The highest BCUT2D eigenvalue weighted by molar-refractivity contribution is 6.10. The number of benzene rings is 3. The van der Waals surface area contributed by atoms with Gasteiger partial charge in [-0.2, -0.15) is 0 Å². The predicted octanol–water partition coefficient (Wildman–Crippen LogP) is 3.64. The van der Waals surface area contributed by atoms with Crippen molar-refractivity contribution in [3.63, 3.8) is 0 Å². The maximum absolute atomic E-state index is 13.9. The van der Waals surface area contributed by atoms with E-state index in [1.54, 1.807) is 6.07 Å². The zero-order valence-electron chi connectivity index (χ0n) is 15.8. The first-order chi connectivity index (χ1) is 13.6. The number of hydrogen-bond donors (Lipinski definition) is 2. The third-order valence-corrected chi connectivity index (χ3v) is 5.91. The van der Waals surface area contributed by atoms with Crippen LogP contribution in [0.2, 0.25) is 0 Å². The van der Waals surface area contributed by atoms with E-state index in [1.165, 1.54) is 5.56 Å². The summed E-state index contributed by atoms with van der Waals surface area (Å²) in [4.78, 5) is 15.7. The van der Waals surface area contributed by atoms with Crippen LogP contribution in [0.3, 0.4) is 0 Å². The maximum atomic E-state index is 13.9. The number of rotatable bonds is 2. The summed E-state index contributed by atoms with van der Waals surface area (Å²) < 4.78 is 0. The Morgan fingerprint density at radius 1 is 1.04 bits per heavy atom. The van der Waals surface area contributed by atoms with Crippen LogP contribution >= 0.6 is 0 Å². The van der Waals surface area contributed by atoms with Crippen LogP contribution in [0.25, 0.3) is 0 Å². The fourth-order valence-corrected chi connectivity index (χ4v) is 4.60. The van der Waals surface area contributed by atoms with Crippen molar-refractivity contribution in [1.82, 2.24) is 5.32 Å². The average Bonchev–Trinajstić information content (AvgIpc) is 2.93. The third-order valence-electron chi connectivity index (χ3n) is 5.91. The van der Waals surface area contributed by atoms with Crippen LogP contribution in [0.1, 0.15) is 27.8 Å². The van der Waals surface area contributed by atoms with Gasteiger partial charge in [0.15, 0.2) is 5.54 Å². The highest BCUT2D eigenvalue weighted by Crippen LogP contribution is 2.49. The van der Waals surface area contributed by atoms with E-state index < -0.39 is 5.54 Å². The molecule has 0 saturated carbocycles. The Labute approximate surface area is 164 Å². The molecule has 2 aliphatic heterocycles. The van der Waals surface area contributed by atoms with Crippen molar-refractivity contribution in [1.29, 1.82) is 0 Å². The van der Waals surface area contributed by atoms with Crippen molar-refractivity contribution in [2.45, 2.75) is 25.4 Å². The first kappa shape index (κ1) is 17.0. The van der Waals surface area contributed by atoms with Gasteiger partial charge in [-0.3, -0.25) is 10.1 Å². The van der Waals surface area contributed by atoms with Crippen molar-refractivity contribution >= 4 is 11.6 Å². The molecule has 2 heterocycles. The van der Waals surface area contributed by atoms with Crippen molar-refractivity contribution in [3.05, 3.63) is 94.5 Å². The summed E-state index contributed by atoms with van der Waals surface area (Å²) in [5.74, 6) is 0.141. The molecular weight excluding hydrogens is 348 g/mol. The second kappa shape index (κ2) is 6.21. The number of hydrogen-bond acceptors (Lipinski definition) is 3. The zero-order chi connectivity index (χ0) is 19.3. The number of fused-ring (bicyclic) bond motifs is 4. The van der Waals surface area contributed by atoms with Gasteiger partial charge in [-0.1, -0.05) is 60.2 Å². The van der Waals surface area contributed by atoms with E-state index in [2.05, 4.69) is 36.5 Å². The molecule has 0 saturated heterocycles. The number of carbonyl (C=O) groups excluding carboxylic acids is 1. The average molecular weight is 370 g/mol. The van der Waals surface area contributed by atoms with E-state index in [0.29, 0.717) is 18.7 Å². The summed E-state index contributed by atoms with van der Waals surface area (Å²) in [7, 11) is 0. The lowest BCUT2D eigenvalue weighted by Gasteiger charge is -2.36. The third kappa shape index (κ3) is 2.31. The zero-order valence-corrected chi connectivity index (χ0v) is 15.8. The minimum absolute atomic E-state index is 0.0308. The first-order valence-electron chi connectivity index (χ1n) is 9.64. The Balaban J connectivity index is 1.68. The van der Waals surface area contributed by atoms with Crippen LogP contribution in [0.4, 0.5) is 5.69 Å². The summed E-state index contributed by atoms with van der Waals surface area (Å²) in [6.07, 6.45) is 0.791. The standard InChI is InChI=1S/C24H22N2O2/c1-16-9-11-17(12-10-16)15-26-20-7-3-2-6-19(20)24(23(26)28)22-18(13-14-25-24)5-4-8-21(22)27/h2-12,25,27H,13-15H2,1H3. The summed E-state index contributed by atoms with van der Waals surface area (Å²) >= 11 is 0. The monoisotopic (exact) mass is 370 g/mol. The number of para-hydroxylation sites is 1. The fourth-order valence-electron chi connectivity index (χ4n) is 4.60. The topological polar surface area (TPSA) is 52.6 Å². The predicted molar refractivity (Wildman–Crippen MR) is 109 cm³/mol. The van der Waals surface area contributed by atoms with Crippen molar-refractivity contribution in [2.75, 3.05) is 11.4 Å². The largest absolute Gasteiger partial charge is 0.508 e. The van der Waals surface area contributed by atoms with Gasteiger partial charge < -0.3 is 10.0 Å². The Kier molecular flexibility index (Phi) is 3.78. The Bertz CT molecular complexity index is 1070. The second-order valence-corrected chi connectivity index (χ2v) is 7.63. The molecular formula is C24H22N2O2.